The molecule has 2 aromatic rings. The summed E-state index contributed by atoms with van der Waals surface area (Å²) < 4.78 is 5.44. The quantitative estimate of drug-likeness (QED) is 0.942. The summed E-state index contributed by atoms with van der Waals surface area (Å²) in [5.74, 6) is 1.24. The van der Waals surface area contributed by atoms with Crippen LogP contribution in [0.2, 0.25) is 0 Å². The lowest BCUT2D eigenvalue weighted by atomic mass is 9.96. The Labute approximate surface area is 125 Å². The van der Waals surface area contributed by atoms with Gasteiger partial charge in [0.25, 0.3) is 0 Å². The number of aliphatic hydroxyl groups is 1. The van der Waals surface area contributed by atoms with Crippen LogP contribution in [0.5, 0.6) is 0 Å². The maximum absolute atomic E-state index is 9.95. The summed E-state index contributed by atoms with van der Waals surface area (Å²) >= 11 is 0. The molecule has 0 spiro atoms. The number of likely N-dealkylation sites (tertiary alicyclic amines) is 1. The Morgan fingerprint density at radius 1 is 1.33 bits per heavy atom. The van der Waals surface area contributed by atoms with Crippen molar-refractivity contribution in [3.05, 3.63) is 41.7 Å². The molecule has 3 rings (SSSR count). The molecule has 0 aliphatic carbocycles. The second kappa shape index (κ2) is 6.00. The van der Waals surface area contributed by atoms with Gasteiger partial charge in [0.2, 0.25) is 0 Å². The first-order chi connectivity index (χ1) is 10.1. The normalized spacial score (nSPS) is 23.4. The van der Waals surface area contributed by atoms with E-state index in [0.717, 1.165) is 30.0 Å². The van der Waals surface area contributed by atoms with E-state index in [0.29, 0.717) is 19.0 Å². The van der Waals surface area contributed by atoms with Crippen molar-refractivity contribution in [1.29, 1.82) is 0 Å². The zero-order valence-corrected chi connectivity index (χ0v) is 12.6. The Hall–Kier alpha value is -1.65. The van der Waals surface area contributed by atoms with Crippen LogP contribution >= 0.6 is 0 Å². The zero-order valence-electron chi connectivity index (χ0n) is 12.6. The van der Waals surface area contributed by atoms with Crippen LogP contribution in [0.15, 0.2) is 34.9 Å². The molecule has 1 N–H and O–H groups in total. The van der Waals surface area contributed by atoms with Gasteiger partial charge < -0.3 is 9.63 Å². The minimum absolute atomic E-state index is 0.238. The van der Waals surface area contributed by atoms with Gasteiger partial charge in [-0.2, -0.15) is 0 Å². The number of benzene rings is 1. The van der Waals surface area contributed by atoms with Crippen molar-refractivity contribution in [2.75, 3.05) is 13.1 Å². The molecule has 1 aliphatic heterocycles. The maximum atomic E-state index is 9.95. The first-order valence-corrected chi connectivity index (χ1v) is 7.55. The number of rotatable bonds is 3. The number of aromatic nitrogens is 1. The molecule has 1 aromatic heterocycles. The van der Waals surface area contributed by atoms with E-state index in [1.807, 2.05) is 6.07 Å². The fraction of sp³-hybridized carbons (Fsp3) is 0.471. The molecule has 112 valence electrons. The summed E-state index contributed by atoms with van der Waals surface area (Å²) in [4.78, 5) is 2.23. The van der Waals surface area contributed by atoms with Gasteiger partial charge in [-0.15, -0.1) is 0 Å². The highest BCUT2D eigenvalue weighted by molar-refractivity contribution is 5.59. The number of aliphatic hydroxyl groups excluding tert-OH is 1. The van der Waals surface area contributed by atoms with E-state index in [1.54, 1.807) is 0 Å². The fourth-order valence-corrected chi connectivity index (χ4v) is 2.73. The summed E-state index contributed by atoms with van der Waals surface area (Å²) in [6.45, 7) is 6.59. The number of β-amino-alcohol motifs (C(OH)–C–C–N with tert-alkyl or cyclic N) is 1. The van der Waals surface area contributed by atoms with Crippen LogP contribution in [0.3, 0.4) is 0 Å². The molecule has 2 atom stereocenters. The van der Waals surface area contributed by atoms with Gasteiger partial charge in [-0.3, -0.25) is 4.90 Å². The Morgan fingerprint density at radius 3 is 2.81 bits per heavy atom. The molecule has 2 heterocycles. The van der Waals surface area contributed by atoms with E-state index in [2.05, 4.69) is 48.2 Å². The minimum Gasteiger partial charge on any atom is -0.392 e. The van der Waals surface area contributed by atoms with Gasteiger partial charge in [0, 0.05) is 18.2 Å². The van der Waals surface area contributed by atoms with Crippen LogP contribution in [0, 0.1) is 12.8 Å². The molecule has 4 heteroatoms. The van der Waals surface area contributed by atoms with Crippen LogP contribution in [-0.2, 0) is 6.54 Å². The SMILES string of the molecule is Cc1ccc(-c2cc(CN3CCC(C)C(O)C3)on2)cc1. The van der Waals surface area contributed by atoms with Gasteiger partial charge in [0.15, 0.2) is 5.76 Å². The number of piperidine rings is 1. The summed E-state index contributed by atoms with van der Waals surface area (Å²) in [7, 11) is 0. The fourth-order valence-electron chi connectivity index (χ4n) is 2.73. The van der Waals surface area contributed by atoms with Crippen LogP contribution in [0.4, 0.5) is 0 Å². The topological polar surface area (TPSA) is 49.5 Å². The van der Waals surface area contributed by atoms with Crippen molar-refractivity contribution in [2.24, 2.45) is 5.92 Å². The molecule has 1 fully saturated rings. The highest BCUT2D eigenvalue weighted by atomic mass is 16.5. The van der Waals surface area contributed by atoms with Crippen molar-refractivity contribution >= 4 is 0 Å². The summed E-state index contributed by atoms with van der Waals surface area (Å²) in [5, 5.41) is 14.1. The number of aryl methyl sites for hydroxylation is 1. The van der Waals surface area contributed by atoms with Crippen molar-refractivity contribution in [3.8, 4) is 11.3 Å². The van der Waals surface area contributed by atoms with E-state index in [-0.39, 0.29) is 6.10 Å². The average Bonchev–Trinajstić information content (AvgIpc) is 2.92. The van der Waals surface area contributed by atoms with Gasteiger partial charge >= 0.3 is 0 Å². The third-order valence-electron chi connectivity index (χ3n) is 4.29. The first kappa shape index (κ1) is 14.3. The molecule has 1 aliphatic rings. The largest absolute Gasteiger partial charge is 0.392 e. The van der Waals surface area contributed by atoms with E-state index < -0.39 is 0 Å². The number of hydrogen-bond acceptors (Lipinski definition) is 4. The Kier molecular flexibility index (Phi) is 4.08. The molecule has 0 radical (unpaired) electrons. The van der Waals surface area contributed by atoms with Crippen molar-refractivity contribution in [1.82, 2.24) is 10.1 Å². The lowest BCUT2D eigenvalue weighted by Gasteiger charge is -2.33. The second-order valence-electron chi connectivity index (χ2n) is 6.11. The summed E-state index contributed by atoms with van der Waals surface area (Å²) in [6, 6.07) is 10.3. The Morgan fingerprint density at radius 2 is 2.10 bits per heavy atom. The van der Waals surface area contributed by atoms with Crippen molar-refractivity contribution < 1.29 is 9.63 Å². The molecule has 0 amide bonds. The lowest BCUT2D eigenvalue weighted by Crippen LogP contribution is -2.42. The molecule has 1 aromatic carbocycles. The number of hydrogen-bond donors (Lipinski definition) is 1. The van der Waals surface area contributed by atoms with E-state index >= 15 is 0 Å². The zero-order chi connectivity index (χ0) is 14.8. The van der Waals surface area contributed by atoms with Crippen LogP contribution in [0.25, 0.3) is 11.3 Å². The third kappa shape index (κ3) is 3.34. The average molecular weight is 286 g/mol. The van der Waals surface area contributed by atoms with Gasteiger partial charge in [-0.1, -0.05) is 41.9 Å². The number of nitrogens with zero attached hydrogens (tertiary/aromatic N) is 2. The van der Waals surface area contributed by atoms with E-state index in [1.165, 1.54) is 5.56 Å². The van der Waals surface area contributed by atoms with Gasteiger partial charge in [0.05, 0.1) is 12.6 Å². The predicted octanol–water partition coefficient (Wildman–Crippen LogP) is 2.85. The molecule has 1 saturated heterocycles. The molecule has 0 saturated carbocycles. The van der Waals surface area contributed by atoms with E-state index in [9.17, 15) is 5.11 Å². The van der Waals surface area contributed by atoms with Gasteiger partial charge in [-0.25, -0.2) is 0 Å². The van der Waals surface area contributed by atoms with E-state index in [4.69, 9.17) is 4.52 Å². The van der Waals surface area contributed by atoms with Crippen LogP contribution in [0.1, 0.15) is 24.7 Å². The highest BCUT2D eigenvalue weighted by Gasteiger charge is 2.25. The standard InChI is InChI=1S/C17H22N2O2/c1-12-3-5-14(6-4-12)16-9-15(21-18-16)10-19-8-7-13(2)17(20)11-19/h3-6,9,13,17,20H,7-8,10-11H2,1-2H3. The maximum Gasteiger partial charge on any atom is 0.151 e. The third-order valence-corrected chi connectivity index (χ3v) is 4.29. The Bertz CT molecular complexity index is 591. The molecule has 21 heavy (non-hydrogen) atoms. The van der Waals surface area contributed by atoms with Gasteiger partial charge in [0.1, 0.15) is 5.69 Å². The van der Waals surface area contributed by atoms with Crippen molar-refractivity contribution in [2.45, 2.75) is 32.9 Å². The minimum atomic E-state index is -0.238. The smallest absolute Gasteiger partial charge is 0.151 e. The lowest BCUT2D eigenvalue weighted by molar-refractivity contribution is 0.0227. The molecular formula is C17H22N2O2. The first-order valence-electron chi connectivity index (χ1n) is 7.55. The summed E-state index contributed by atoms with van der Waals surface area (Å²) in [6.07, 6.45) is 0.790. The highest BCUT2D eigenvalue weighted by Crippen LogP contribution is 2.22. The summed E-state index contributed by atoms with van der Waals surface area (Å²) in [5.41, 5.74) is 3.18. The molecule has 0 bridgehead atoms. The molecule has 4 nitrogen and oxygen atoms in total. The monoisotopic (exact) mass is 286 g/mol. The Balaban J connectivity index is 1.66. The second-order valence-corrected chi connectivity index (χ2v) is 6.11. The van der Waals surface area contributed by atoms with Crippen molar-refractivity contribution in [3.63, 3.8) is 0 Å². The molecule has 2 unspecified atom stereocenters. The predicted molar refractivity (Wildman–Crippen MR) is 81.7 cm³/mol. The van der Waals surface area contributed by atoms with Crippen LogP contribution in [-0.4, -0.2) is 34.4 Å². The van der Waals surface area contributed by atoms with Gasteiger partial charge in [-0.05, 0) is 25.8 Å². The molecular weight excluding hydrogens is 264 g/mol. The van der Waals surface area contributed by atoms with Crippen LogP contribution < -0.4 is 0 Å².